The molecule has 1 amide bonds. The van der Waals surface area contributed by atoms with Gasteiger partial charge in [0.1, 0.15) is 0 Å². The van der Waals surface area contributed by atoms with E-state index in [1.54, 1.807) is 12.1 Å². The van der Waals surface area contributed by atoms with Gasteiger partial charge in [-0.25, -0.2) is 8.42 Å². The van der Waals surface area contributed by atoms with Crippen molar-refractivity contribution in [3.63, 3.8) is 0 Å². The van der Waals surface area contributed by atoms with Gasteiger partial charge in [-0.3, -0.25) is 4.79 Å². The van der Waals surface area contributed by atoms with Crippen LogP contribution in [0.3, 0.4) is 0 Å². The third-order valence-electron chi connectivity index (χ3n) is 4.65. The zero-order valence-electron chi connectivity index (χ0n) is 16.3. The summed E-state index contributed by atoms with van der Waals surface area (Å²) in [5, 5.41) is 2.90. The smallest absolute Gasteiger partial charge is 0.251 e. The van der Waals surface area contributed by atoms with E-state index in [9.17, 15) is 13.2 Å². The van der Waals surface area contributed by atoms with Gasteiger partial charge in [0, 0.05) is 31.2 Å². The van der Waals surface area contributed by atoms with Crippen LogP contribution in [0.1, 0.15) is 50.4 Å². The summed E-state index contributed by atoms with van der Waals surface area (Å²) in [4.78, 5) is 12.7. The highest BCUT2D eigenvalue weighted by molar-refractivity contribution is 7.89. The second-order valence-electron chi connectivity index (χ2n) is 7.16. The summed E-state index contributed by atoms with van der Waals surface area (Å²) in [6.45, 7) is 6.74. The first-order chi connectivity index (χ1) is 12.8. The van der Waals surface area contributed by atoms with Crippen molar-refractivity contribution in [1.29, 1.82) is 0 Å². The highest BCUT2D eigenvalue weighted by atomic mass is 32.2. The van der Waals surface area contributed by atoms with E-state index in [0.29, 0.717) is 25.2 Å². The van der Waals surface area contributed by atoms with Crippen molar-refractivity contribution >= 4 is 15.9 Å². The van der Waals surface area contributed by atoms with Crippen molar-refractivity contribution in [2.45, 2.75) is 63.2 Å². The third kappa shape index (κ3) is 5.75. The number of hydrogen-bond donors (Lipinski definition) is 2. The number of carbonyl (C=O) groups excluding carboxylic acids is 1. The maximum atomic E-state index is 13.0. The fourth-order valence-corrected chi connectivity index (χ4v) is 4.88. The number of sulfonamides is 1. The Labute approximate surface area is 162 Å². The van der Waals surface area contributed by atoms with Crippen molar-refractivity contribution in [3.8, 4) is 0 Å². The fourth-order valence-electron chi connectivity index (χ4n) is 3.24. The second-order valence-corrected chi connectivity index (χ2v) is 9.09. The van der Waals surface area contributed by atoms with Crippen LogP contribution in [0, 0.1) is 0 Å². The van der Waals surface area contributed by atoms with E-state index in [2.05, 4.69) is 12.2 Å². The van der Waals surface area contributed by atoms with Crippen LogP contribution in [0.5, 0.6) is 0 Å². The molecule has 0 radical (unpaired) electrons. The number of morpholine rings is 1. The van der Waals surface area contributed by atoms with E-state index < -0.39 is 10.0 Å². The fraction of sp³-hybridized carbons (Fsp3) is 0.632. The van der Waals surface area contributed by atoms with Crippen molar-refractivity contribution in [3.05, 3.63) is 29.8 Å². The Morgan fingerprint density at radius 3 is 2.59 bits per heavy atom. The highest BCUT2D eigenvalue weighted by Crippen LogP contribution is 2.22. The van der Waals surface area contributed by atoms with Crippen molar-refractivity contribution in [2.24, 2.45) is 5.73 Å². The Kier molecular flexibility index (Phi) is 7.79. The lowest BCUT2D eigenvalue weighted by Crippen LogP contribution is -2.48. The number of rotatable bonds is 8. The number of unbranched alkanes of at least 4 members (excludes halogenated alkanes) is 1. The molecule has 8 heteroatoms. The van der Waals surface area contributed by atoms with E-state index in [4.69, 9.17) is 10.5 Å². The average Bonchev–Trinajstić information content (AvgIpc) is 2.64. The minimum atomic E-state index is -3.68. The van der Waals surface area contributed by atoms with Crippen molar-refractivity contribution in [2.75, 3.05) is 19.6 Å². The molecule has 0 spiro atoms. The number of benzene rings is 1. The first-order valence-corrected chi connectivity index (χ1v) is 11.0. The van der Waals surface area contributed by atoms with Gasteiger partial charge in [0.15, 0.2) is 0 Å². The molecule has 2 rings (SSSR count). The standard InChI is InChI=1S/C19H31N3O4S/c1-4-5-8-17(11-20)21-19(23)16-7-6-9-18(10-16)27(24,25)22-12-14(2)26-15(3)13-22/h6-7,9-10,14-15,17H,4-5,8,11-13,20H2,1-3H3,(H,21,23). The van der Waals surface area contributed by atoms with Gasteiger partial charge in [0.25, 0.3) is 5.91 Å². The van der Waals surface area contributed by atoms with E-state index in [1.165, 1.54) is 16.4 Å². The minimum absolute atomic E-state index is 0.112. The van der Waals surface area contributed by atoms with E-state index in [-0.39, 0.29) is 29.1 Å². The number of nitrogens with zero attached hydrogens (tertiary/aromatic N) is 1. The number of ether oxygens (including phenoxy) is 1. The van der Waals surface area contributed by atoms with Crippen LogP contribution in [0.2, 0.25) is 0 Å². The molecule has 0 aliphatic carbocycles. The molecule has 3 N–H and O–H groups in total. The second kappa shape index (κ2) is 9.64. The lowest BCUT2D eigenvalue weighted by Gasteiger charge is -2.34. The molecule has 0 bridgehead atoms. The Balaban J connectivity index is 2.17. The topological polar surface area (TPSA) is 102 Å². The first-order valence-electron chi connectivity index (χ1n) is 9.54. The molecule has 3 atom stereocenters. The van der Waals surface area contributed by atoms with Gasteiger partial charge < -0.3 is 15.8 Å². The van der Waals surface area contributed by atoms with Crippen LogP contribution in [0.4, 0.5) is 0 Å². The summed E-state index contributed by atoms with van der Waals surface area (Å²) in [7, 11) is -3.68. The zero-order chi connectivity index (χ0) is 20.0. The normalized spacial score (nSPS) is 22.4. The Hall–Kier alpha value is -1.48. The highest BCUT2D eigenvalue weighted by Gasteiger charge is 2.32. The number of hydrogen-bond acceptors (Lipinski definition) is 5. The number of nitrogens with one attached hydrogen (secondary N) is 1. The maximum absolute atomic E-state index is 13.0. The Morgan fingerprint density at radius 1 is 1.33 bits per heavy atom. The van der Waals surface area contributed by atoms with Gasteiger partial charge in [0.2, 0.25) is 10.0 Å². The number of amides is 1. The van der Waals surface area contributed by atoms with Crippen LogP contribution in [-0.4, -0.2) is 56.5 Å². The SMILES string of the molecule is CCCCC(CN)NC(=O)c1cccc(S(=O)(=O)N2CC(C)OC(C)C2)c1. The molecule has 1 aromatic carbocycles. The molecule has 0 aromatic heterocycles. The minimum Gasteiger partial charge on any atom is -0.373 e. The van der Waals surface area contributed by atoms with Crippen molar-refractivity contribution < 1.29 is 17.9 Å². The Morgan fingerprint density at radius 2 is 2.00 bits per heavy atom. The van der Waals surface area contributed by atoms with Gasteiger partial charge in [-0.1, -0.05) is 25.8 Å². The predicted octanol–water partition coefficient (Wildman–Crippen LogP) is 1.73. The van der Waals surface area contributed by atoms with E-state index in [0.717, 1.165) is 19.3 Å². The molecule has 1 fully saturated rings. The molecule has 1 aromatic rings. The maximum Gasteiger partial charge on any atom is 0.251 e. The van der Waals surface area contributed by atoms with Gasteiger partial charge in [0.05, 0.1) is 17.1 Å². The van der Waals surface area contributed by atoms with Gasteiger partial charge in [-0.15, -0.1) is 0 Å². The van der Waals surface area contributed by atoms with Gasteiger partial charge in [-0.2, -0.15) is 4.31 Å². The molecule has 1 aliphatic heterocycles. The van der Waals surface area contributed by atoms with E-state index in [1.807, 2.05) is 13.8 Å². The molecule has 7 nitrogen and oxygen atoms in total. The Bertz CT molecular complexity index is 728. The van der Waals surface area contributed by atoms with Crippen LogP contribution in [-0.2, 0) is 14.8 Å². The summed E-state index contributed by atoms with van der Waals surface area (Å²) < 4.78 is 33.0. The monoisotopic (exact) mass is 397 g/mol. The van der Waals surface area contributed by atoms with Gasteiger partial charge >= 0.3 is 0 Å². The molecular formula is C19H31N3O4S. The third-order valence-corrected chi connectivity index (χ3v) is 6.47. The summed E-state index contributed by atoms with van der Waals surface area (Å²) >= 11 is 0. The van der Waals surface area contributed by atoms with Crippen LogP contribution >= 0.6 is 0 Å². The molecule has 1 saturated heterocycles. The zero-order valence-corrected chi connectivity index (χ0v) is 17.2. The quantitative estimate of drug-likeness (QED) is 0.696. The summed E-state index contributed by atoms with van der Waals surface area (Å²) in [5.74, 6) is -0.303. The van der Waals surface area contributed by atoms with Gasteiger partial charge in [-0.05, 0) is 38.5 Å². The molecule has 3 unspecified atom stereocenters. The largest absolute Gasteiger partial charge is 0.373 e. The van der Waals surface area contributed by atoms with E-state index >= 15 is 0 Å². The lowest BCUT2D eigenvalue weighted by atomic mass is 10.1. The van der Waals surface area contributed by atoms with Crippen molar-refractivity contribution in [1.82, 2.24) is 9.62 Å². The molecule has 0 saturated carbocycles. The molecule has 1 heterocycles. The predicted molar refractivity (Wildman–Crippen MR) is 105 cm³/mol. The molecule has 152 valence electrons. The summed E-state index contributed by atoms with van der Waals surface area (Å²) in [5.41, 5.74) is 6.05. The lowest BCUT2D eigenvalue weighted by molar-refractivity contribution is -0.0440. The molecule has 27 heavy (non-hydrogen) atoms. The van der Waals surface area contributed by atoms with Crippen LogP contribution in [0.25, 0.3) is 0 Å². The van der Waals surface area contributed by atoms with Crippen LogP contribution < -0.4 is 11.1 Å². The number of nitrogens with two attached hydrogens (primary N) is 1. The summed E-state index contributed by atoms with van der Waals surface area (Å²) in [6.07, 6.45) is 2.47. The summed E-state index contributed by atoms with van der Waals surface area (Å²) in [6, 6.07) is 6.06. The average molecular weight is 398 g/mol. The molecule has 1 aliphatic rings. The first kappa shape index (κ1) is 21.8. The van der Waals surface area contributed by atoms with Crippen LogP contribution in [0.15, 0.2) is 29.2 Å². The molecular weight excluding hydrogens is 366 g/mol. The number of carbonyl (C=O) groups is 1.